The molecule has 1 aliphatic heterocycles. The number of rotatable bonds is 5. The number of nitrogens with zero attached hydrogens (tertiary/aromatic N) is 2. The van der Waals surface area contributed by atoms with E-state index in [0.717, 1.165) is 37.3 Å². The van der Waals surface area contributed by atoms with E-state index in [2.05, 4.69) is 21.3 Å². The van der Waals surface area contributed by atoms with Crippen LogP contribution in [0.25, 0.3) is 0 Å². The van der Waals surface area contributed by atoms with Gasteiger partial charge in [0, 0.05) is 19.2 Å². The topological polar surface area (TPSA) is 37.4 Å². The molecule has 1 fully saturated rings. The predicted molar refractivity (Wildman–Crippen MR) is 69.7 cm³/mol. The molecular formula is C13H21N3O. The average molecular weight is 235 g/mol. The van der Waals surface area contributed by atoms with Crippen molar-refractivity contribution in [2.75, 3.05) is 38.2 Å². The Hall–Kier alpha value is -1.29. The van der Waals surface area contributed by atoms with E-state index < -0.39 is 0 Å². The molecule has 1 N–H and O–H groups in total. The van der Waals surface area contributed by atoms with Crippen LogP contribution in [0.15, 0.2) is 18.2 Å². The molecular weight excluding hydrogens is 214 g/mol. The van der Waals surface area contributed by atoms with Gasteiger partial charge in [-0.3, -0.25) is 0 Å². The molecule has 0 amide bonds. The fourth-order valence-electron chi connectivity index (χ4n) is 2.30. The fourth-order valence-corrected chi connectivity index (χ4v) is 2.30. The quantitative estimate of drug-likeness (QED) is 0.840. The van der Waals surface area contributed by atoms with Gasteiger partial charge in [0.25, 0.3) is 0 Å². The number of pyridine rings is 1. The van der Waals surface area contributed by atoms with Crippen molar-refractivity contribution in [3.05, 3.63) is 18.2 Å². The summed E-state index contributed by atoms with van der Waals surface area (Å²) in [6, 6.07) is 5.98. The van der Waals surface area contributed by atoms with Crippen LogP contribution in [-0.4, -0.2) is 38.3 Å². The molecule has 1 unspecified atom stereocenters. The molecule has 4 nitrogen and oxygen atoms in total. The lowest BCUT2D eigenvalue weighted by Gasteiger charge is -2.18. The third-order valence-electron chi connectivity index (χ3n) is 3.10. The molecule has 1 aromatic heterocycles. The van der Waals surface area contributed by atoms with E-state index in [1.807, 2.05) is 26.1 Å². The second-order valence-electron chi connectivity index (χ2n) is 4.43. The van der Waals surface area contributed by atoms with Crippen molar-refractivity contribution in [1.29, 1.82) is 0 Å². The predicted octanol–water partition coefficient (Wildman–Crippen LogP) is 1.53. The van der Waals surface area contributed by atoms with Gasteiger partial charge in [-0.15, -0.1) is 0 Å². The highest BCUT2D eigenvalue weighted by Gasteiger charge is 2.22. The van der Waals surface area contributed by atoms with E-state index in [1.54, 1.807) is 0 Å². The first-order valence-electron chi connectivity index (χ1n) is 6.33. The van der Waals surface area contributed by atoms with Crippen LogP contribution in [0.5, 0.6) is 5.88 Å². The maximum Gasteiger partial charge on any atom is 0.215 e. The molecule has 2 rings (SSSR count). The molecule has 1 aliphatic rings. The minimum Gasteiger partial charge on any atom is -0.478 e. The number of aromatic nitrogens is 1. The highest BCUT2D eigenvalue weighted by molar-refractivity contribution is 5.41. The van der Waals surface area contributed by atoms with Crippen LogP contribution in [0.1, 0.15) is 13.3 Å². The lowest BCUT2D eigenvalue weighted by atomic mass is 10.1. The van der Waals surface area contributed by atoms with Crippen molar-refractivity contribution in [2.45, 2.75) is 13.3 Å². The van der Waals surface area contributed by atoms with Gasteiger partial charge in [-0.25, -0.2) is 0 Å². The van der Waals surface area contributed by atoms with Crippen molar-refractivity contribution in [3.8, 4) is 5.88 Å². The van der Waals surface area contributed by atoms with Crippen LogP contribution >= 0.6 is 0 Å². The van der Waals surface area contributed by atoms with Crippen LogP contribution in [-0.2, 0) is 0 Å². The Morgan fingerprint density at radius 2 is 2.41 bits per heavy atom. The summed E-state index contributed by atoms with van der Waals surface area (Å²) in [5.74, 6) is 2.49. The summed E-state index contributed by atoms with van der Waals surface area (Å²) in [6.07, 6.45) is 1.24. The normalized spacial score (nSPS) is 19.6. The number of hydrogen-bond acceptors (Lipinski definition) is 4. The molecule has 4 heteroatoms. The van der Waals surface area contributed by atoms with E-state index in [-0.39, 0.29) is 0 Å². The monoisotopic (exact) mass is 235 g/mol. The van der Waals surface area contributed by atoms with Gasteiger partial charge in [-0.05, 0) is 38.9 Å². The molecule has 1 aromatic rings. The highest BCUT2D eigenvalue weighted by atomic mass is 16.5. The van der Waals surface area contributed by atoms with Gasteiger partial charge in [0.2, 0.25) is 5.88 Å². The maximum atomic E-state index is 5.43. The average Bonchev–Trinajstić information content (AvgIpc) is 2.79. The molecule has 0 radical (unpaired) electrons. The Kier molecular flexibility index (Phi) is 4.20. The maximum absolute atomic E-state index is 5.43. The zero-order valence-corrected chi connectivity index (χ0v) is 10.6. The van der Waals surface area contributed by atoms with Gasteiger partial charge in [-0.2, -0.15) is 4.98 Å². The summed E-state index contributed by atoms with van der Waals surface area (Å²) >= 11 is 0. The van der Waals surface area contributed by atoms with E-state index in [1.165, 1.54) is 6.42 Å². The van der Waals surface area contributed by atoms with Gasteiger partial charge in [0.1, 0.15) is 5.82 Å². The number of ether oxygens (including phenoxy) is 1. The summed E-state index contributed by atoms with van der Waals surface area (Å²) in [6.45, 7) is 5.91. The van der Waals surface area contributed by atoms with E-state index in [9.17, 15) is 0 Å². The third-order valence-corrected chi connectivity index (χ3v) is 3.10. The first-order chi connectivity index (χ1) is 8.33. The van der Waals surface area contributed by atoms with E-state index >= 15 is 0 Å². The second kappa shape index (κ2) is 5.87. The molecule has 0 aromatic carbocycles. The van der Waals surface area contributed by atoms with Crippen molar-refractivity contribution < 1.29 is 4.74 Å². The molecule has 17 heavy (non-hydrogen) atoms. The van der Waals surface area contributed by atoms with Gasteiger partial charge < -0.3 is 15.0 Å². The summed E-state index contributed by atoms with van der Waals surface area (Å²) < 4.78 is 5.43. The van der Waals surface area contributed by atoms with Crippen molar-refractivity contribution >= 4 is 5.82 Å². The minimum atomic E-state index is 0.666. The van der Waals surface area contributed by atoms with Gasteiger partial charge in [-0.1, -0.05) is 6.07 Å². The summed E-state index contributed by atoms with van der Waals surface area (Å²) in [5.41, 5.74) is 0. The smallest absolute Gasteiger partial charge is 0.215 e. The summed E-state index contributed by atoms with van der Waals surface area (Å²) in [5, 5.41) is 3.24. The summed E-state index contributed by atoms with van der Waals surface area (Å²) in [7, 11) is 2.01. The SMILES string of the molecule is CCOc1cccc(N2CCC(CNC)C2)n1. The molecule has 0 bridgehead atoms. The molecule has 0 saturated carbocycles. The van der Waals surface area contributed by atoms with Crippen LogP contribution in [0, 0.1) is 5.92 Å². The molecule has 94 valence electrons. The third kappa shape index (κ3) is 3.09. The Labute approximate surface area is 103 Å². The lowest BCUT2D eigenvalue weighted by Crippen LogP contribution is -2.24. The number of nitrogens with one attached hydrogen (secondary N) is 1. The fraction of sp³-hybridized carbons (Fsp3) is 0.615. The molecule has 1 atom stereocenters. The van der Waals surface area contributed by atoms with Crippen molar-refractivity contribution in [1.82, 2.24) is 10.3 Å². The van der Waals surface area contributed by atoms with E-state index in [4.69, 9.17) is 4.74 Å². The molecule has 0 spiro atoms. The Balaban J connectivity index is 2.00. The van der Waals surface area contributed by atoms with Gasteiger partial charge in [0.15, 0.2) is 0 Å². The van der Waals surface area contributed by atoms with Crippen LogP contribution in [0.4, 0.5) is 5.82 Å². The van der Waals surface area contributed by atoms with Crippen molar-refractivity contribution in [2.24, 2.45) is 5.92 Å². The van der Waals surface area contributed by atoms with Crippen LogP contribution in [0.2, 0.25) is 0 Å². The number of hydrogen-bond donors (Lipinski definition) is 1. The van der Waals surface area contributed by atoms with Gasteiger partial charge in [0.05, 0.1) is 6.61 Å². The second-order valence-corrected chi connectivity index (χ2v) is 4.43. The largest absolute Gasteiger partial charge is 0.478 e. The Morgan fingerprint density at radius 3 is 3.18 bits per heavy atom. The van der Waals surface area contributed by atoms with Crippen LogP contribution in [0.3, 0.4) is 0 Å². The zero-order valence-electron chi connectivity index (χ0n) is 10.6. The minimum absolute atomic E-state index is 0.666. The lowest BCUT2D eigenvalue weighted by molar-refractivity contribution is 0.327. The Morgan fingerprint density at radius 1 is 1.53 bits per heavy atom. The van der Waals surface area contributed by atoms with Gasteiger partial charge >= 0.3 is 0 Å². The zero-order chi connectivity index (χ0) is 12.1. The van der Waals surface area contributed by atoms with E-state index in [0.29, 0.717) is 6.61 Å². The molecule has 2 heterocycles. The van der Waals surface area contributed by atoms with Crippen LogP contribution < -0.4 is 15.0 Å². The highest BCUT2D eigenvalue weighted by Crippen LogP contribution is 2.23. The first kappa shape index (κ1) is 12.2. The molecule has 1 saturated heterocycles. The van der Waals surface area contributed by atoms with Crippen molar-refractivity contribution in [3.63, 3.8) is 0 Å². The Bertz CT molecular complexity index is 356. The summed E-state index contributed by atoms with van der Waals surface area (Å²) in [4.78, 5) is 6.86. The molecule has 0 aliphatic carbocycles. The number of anilines is 1. The standard InChI is InChI=1S/C13H21N3O/c1-3-17-13-6-4-5-12(15-13)16-8-7-11(10-16)9-14-2/h4-6,11,14H,3,7-10H2,1-2H3. The first-order valence-corrected chi connectivity index (χ1v) is 6.33.